The Kier molecular flexibility index (Phi) is 8.96. The molecule has 2 aromatic heterocycles. The molecule has 3 heterocycles. The average molecular weight is 550 g/mol. The van der Waals surface area contributed by atoms with Gasteiger partial charge in [0.1, 0.15) is 5.76 Å². The Balaban J connectivity index is 0.00000272. The largest absolute Gasteiger partial charge is 0.469 e. The van der Waals surface area contributed by atoms with Crippen LogP contribution in [-0.4, -0.2) is 25.0 Å². The van der Waals surface area contributed by atoms with Gasteiger partial charge in [-0.1, -0.05) is 18.2 Å². The van der Waals surface area contributed by atoms with E-state index >= 15 is 0 Å². The minimum absolute atomic E-state index is 0. The third-order valence-electron chi connectivity index (χ3n) is 5.00. The minimum atomic E-state index is 0. The molecule has 1 aliphatic rings. The number of hydrogen-bond acceptors (Lipinski definition) is 4. The fourth-order valence-corrected chi connectivity index (χ4v) is 4.03. The number of halogens is 1. The number of benzene rings is 1. The Morgan fingerprint density at radius 3 is 2.68 bits per heavy atom. The van der Waals surface area contributed by atoms with Crippen molar-refractivity contribution in [1.82, 2.24) is 10.6 Å². The van der Waals surface area contributed by atoms with Crippen molar-refractivity contribution in [2.45, 2.75) is 32.4 Å². The molecule has 1 saturated heterocycles. The number of furan rings is 1. The van der Waals surface area contributed by atoms with E-state index in [2.05, 4.69) is 28.1 Å². The van der Waals surface area contributed by atoms with Crippen molar-refractivity contribution in [3.63, 3.8) is 0 Å². The van der Waals surface area contributed by atoms with E-state index in [4.69, 9.17) is 9.41 Å². The van der Waals surface area contributed by atoms with Gasteiger partial charge in [-0.05, 0) is 47.7 Å². The van der Waals surface area contributed by atoms with E-state index in [1.165, 1.54) is 4.88 Å². The number of guanidine groups is 1. The third-order valence-corrected chi connectivity index (χ3v) is 5.87. The monoisotopic (exact) mass is 550 g/mol. The van der Waals surface area contributed by atoms with Gasteiger partial charge in [-0.2, -0.15) is 0 Å². The Hall–Kier alpha value is -2.33. The molecule has 1 aromatic carbocycles. The fraction of sp³-hybridized carbons (Fsp3) is 0.304. The molecule has 2 N–H and O–H groups in total. The van der Waals surface area contributed by atoms with Gasteiger partial charge in [-0.3, -0.25) is 4.79 Å². The number of carbonyl (C=O) groups is 1. The van der Waals surface area contributed by atoms with Gasteiger partial charge < -0.3 is 20.0 Å². The van der Waals surface area contributed by atoms with Gasteiger partial charge >= 0.3 is 0 Å². The highest BCUT2D eigenvalue weighted by Crippen LogP contribution is 2.21. The summed E-state index contributed by atoms with van der Waals surface area (Å²) < 4.78 is 5.40. The number of amides is 1. The van der Waals surface area contributed by atoms with Crippen LogP contribution in [0.15, 0.2) is 69.6 Å². The molecule has 6 nitrogen and oxygen atoms in total. The predicted molar refractivity (Wildman–Crippen MR) is 136 cm³/mol. The zero-order valence-corrected chi connectivity index (χ0v) is 20.4. The Morgan fingerprint density at radius 2 is 2.00 bits per heavy atom. The van der Waals surface area contributed by atoms with Crippen LogP contribution >= 0.6 is 35.3 Å². The number of hydrogen-bond donors (Lipinski definition) is 2. The van der Waals surface area contributed by atoms with Crippen molar-refractivity contribution in [3.8, 4) is 0 Å². The molecule has 0 radical (unpaired) electrons. The van der Waals surface area contributed by atoms with E-state index in [0.29, 0.717) is 13.0 Å². The summed E-state index contributed by atoms with van der Waals surface area (Å²) in [6, 6.07) is 16.2. The molecule has 0 unspecified atom stereocenters. The van der Waals surface area contributed by atoms with E-state index in [1.807, 2.05) is 41.3 Å². The summed E-state index contributed by atoms with van der Waals surface area (Å²) in [7, 11) is 0. The van der Waals surface area contributed by atoms with Gasteiger partial charge in [0.25, 0.3) is 0 Å². The highest BCUT2D eigenvalue weighted by Gasteiger charge is 2.21. The smallest absolute Gasteiger partial charge is 0.227 e. The molecule has 0 spiro atoms. The summed E-state index contributed by atoms with van der Waals surface area (Å²) in [4.78, 5) is 19.8. The van der Waals surface area contributed by atoms with Gasteiger partial charge in [-0.15, -0.1) is 35.3 Å². The van der Waals surface area contributed by atoms with Crippen LogP contribution in [0.5, 0.6) is 0 Å². The van der Waals surface area contributed by atoms with Crippen molar-refractivity contribution >= 4 is 52.9 Å². The summed E-state index contributed by atoms with van der Waals surface area (Å²) in [6.45, 7) is 2.85. The number of aliphatic imine (C=N–C) groups is 1. The van der Waals surface area contributed by atoms with Crippen molar-refractivity contribution in [1.29, 1.82) is 0 Å². The molecule has 31 heavy (non-hydrogen) atoms. The van der Waals surface area contributed by atoms with Gasteiger partial charge in [0.15, 0.2) is 5.96 Å². The summed E-state index contributed by atoms with van der Waals surface area (Å²) in [5.41, 5.74) is 2.08. The first-order chi connectivity index (χ1) is 14.8. The molecule has 0 saturated carbocycles. The number of nitrogens with zero attached hydrogens (tertiary/aromatic N) is 2. The second kappa shape index (κ2) is 11.9. The first-order valence-corrected chi connectivity index (χ1v) is 11.1. The third kappa shape index (κ3) is 6.83. The topological polar surface area (TPSA) is 69.9 Å². The van der Waals surface area contributed by atoms with Crippen LogP contribution in [0.4, 0.5) is 5.69 Å². The van der Waals surface area contributed by atoms with Crippen LogP contribution in [0.3, 0.4) is 0 Å². The van der Waals surface area contributed by atoms with Crippen LogP contribution in [-0.2, 0) is 24.3 Å². The Morgan fingerprint density at radius 1 is 1.13 bits per heavy atom. The zero-order chi connectivity index (χ0) is 20.6. The van der Waals surface area contributed by atoms with Crippen LogP contribution in [0.1, 0.15) is 29.0 Å². The highest BCUT2D eigenvalue weighted by atomic mass is 127. The molecule has 8 heteroatoms. The molecule has 164 valence electrons. The van der Waals surface area contributed by atoms with E-state index < -0.39 is 0 Å². The molecule has 1 fully saturated rings. The van der Waals surface area contributed by atoms with Gasteiger partial charge in [-0.25, -0.2) is 4.99 Å². The maximum Gasteiger partial charge on any atom is 0.227 e. The summed E-state index contributed by atoms with van der Waals surface area (Å²) in [5, 5.41) is 8.86. The molecule has 0 bridgehead atoms. The second-order valence-electron chi connectivity index (χ2n) is 7.17. The SMILES string of the molecule is I.O=C1CCCN1c1ccc(CN=C(NCCc2ccco2)NCc2cccs2)cc1. The minimum Gasteiger partial charge on any atom is -0.469 e. The lowest BCUT2D eigenvalue weighted by atomic mass is 10.2. The number of carbonyl (C=O) groups excluding carboxylic acids is 1. The van der Waals surface area contributed by atoms with E-state index in [0.717, 1.165) is 55.4 Å². The number of thiophene rings is 1. The molecule has 4 rings (SSSR count). The highest BCUT2D eigenvalue weighted by molar-refractivity contribution is 14.0. The molecule has 3 aromatic rings. The van der Waals surface area contributed by atoms with Crippen molar-refractivity contribution in [3.05, 3.63) is 76.4 Å². The summed E-state index contributed by atoms with van der Waals surface area (Å²) >= 11 is 1.72. The molecule has 1 aliphatic heterocycles. The zero-order valence-electron chi connectivity index (χ0n) is 17.3. The Bertz CT molecular complexity index is 956. The van der Waals surface area contributed by atoms with Gasteiger partial charge in [0.05, 0.1) is 19.4 Å². The van der Waals surface area contributed by atoms with E-state index in [1.54, 1.807) is 17.6 Å². The number of anilines is 1. The first-order valence-electron chi connectivity index (χ1n) is 10.2. The molecule has 0 aliphatic carbocycles. The summed E-state index contributed by atoms with van der Waals surface area (Å²) in [6.07, 6.45) is 4.08. The van der Waals surface area contributed by atoms with E-state index in [9.17, 15) is 4.79 Å². The lowest BCUT2D eigenvalue weighted by Crippen LogP contribution is -2.38. The fourth-order valence-electron chi connectivity index (χ4n) is 3.39. The van der Waals surface area contributed by atoms with Gasteiger partial charge in [0.2, 0.25) is 5.91 Å². The van der Waals surface area contributed by atoms with E-state index in [-0.39, 0.29) is 29.9 Å². The van der Waals surface area contributed by atoms with Crippen molar-refractivity contribution in [2.24, 2.45) is 4.99 Å². The normalized spacial score (nSPS) is 13.9. The second-order valence-corrected chi connectivity index (χ2v) is 8.20. The maximum atomic E-state index is 11.9. The van der Waals surface area contributed by atoms with Gasteiger partial charge in [0, 0.05) is 36.5 Å². The first kappa shape index (κ1) is 23.3. The van der Waals surface area contributed by atoms with Crippen LogP contribution in [0.25, 0.3) is 0 Å². The molecule has 0 atom stereocenters. The maximum absolute atomic E-state index is 11.9. The quantitative estimate of drug-likeness (QED) is 0.245. The average Bonchev–Trinajstić information content (AvgIpc) is 3.53. The number of nitrogens with one attached hydrogen (secondary N) is 2. The standard InChI is InChI=1S/C23H26N4O2S.HI/c28-22-6-1-13-27(22)19-9-7-18(8-10-19)16-25-23(26-17-21-5-3-15-30-21)24-12-11-20-4-2-14-29-20;/h2-5,7-10,14-15H,1,6,11-13,16-17H2,(H2,24,25,26);1H. The molecular formula is C23H27IN4O2S. The predicted octanol–water partition coefficient (Wildman–Crippen LogP) is 4.56. The Labute approximate surface area is 203 Å². The van der Waals surface area contributed by atoms with Crippen LogP contribution in [0, 0.1) is 0 Å². The lowest BCUT2D eigenvalue weighted by Gasteiger charge is -2.16. The van der Waals surface area contributed by atoms with Crippen LogP contribution < -0.4 is 15.5 Å². The van der Waals surface area contributed by atoms with Crippen molar-refractivity contribution in [2.75, 3.05) is 18.0 Å². The van der Waals surface area contributed by atoms with Crippen LogP contribution in [0.2, 0.25) is 0 Å². The van der Waals surface area contributed by atoms with Crippen molar-refractivity contribution < 1.29 is 9.21 Å². The summed E-state index contributed by atoms with van der Waals surface area (Å²) in [5.74, 6) is 1.93. The number of rotatable bonds is 8. The molecular weight excluding hydrogens is 523 g/mol. The lowest BCUT2D eigenvalue weighted by molar-refractivity contribution is -0.117. The molecule has 1 amide bonds.